The van der Waals surface area contributed by atoms with Crippen LogP contribution >= 0.6 is 15.9 Å². The van der Waals surface area contributed by atoms with Crippen molar-refractivity contribution in [3.8, 4) is 11.3 Å². The Labute approximate surface area is 138 Å². The number of rotatable bonds is 2. The van der Waals surface area contributed by atoms with Gasteiger partial charge in [0, 0.05) is 28.2 Å². The number of hydrogen-bond acceptors (Lipinski definition) is 3. The topological polar surface area (TPSA) is 46.3 Å². The van der Waals surface area contributed by atoms with E-state index in [-0.39, 0.29) is 18.0 Å². The van der Waals surface area contributed by atoms with E-state index in [4.69, 9.17) is 4.52 Å². The van der Waals surface area contributed by atoms with E-state index in [0.29, 0.717) is 11.5 Å². The normalized spacial score (nSPS) is 21.9. The van der Waals surface area contributed by atoms with Gasteiger partial charge in [-0.15, -0.1) is 0 Å². The van der Waals surface area contributed by atoms with Gasteiger partial charge in [-0.3, -0.25) is 4.79 Å². The van der Waals surface area contributed by atoms with Gasteiger partial charge in [-0.2, -0.15) is 0 Å². The molecule has 1 fully saturated rings. The number of aromatic nitrogens is 1. The van der Waals surface area contributed by atoms with E-state index in [0.717, 1.165) is 22.9 Å². The third-order valence-electron chi connectivity index (χ3n) is 4.29. The highest BCUT2D eigenvalue weighted by molar-refractivity contribution is 9.10. The van der Waals surface area contributed by atoms with Gasteiger partial charge in [-0.25, -0.2) is 0 Å². The number of nitrogens with zero attached hydrogens (tertiary/aromatic N) is 2. The van der Waals surface area contributed by atoms with Gasteiger partial charge in [0.25, 0.3) is 5.91 Å². The first-order valence-electron chi connectivity index (χ1n) is 7.61. The highest BCUT2D eigenvalue weighted by atomic mass is 79.9. The Bertz CT molecular complexity index is 656. The fraction of sp³-hybridized carbons (Fsp3) is 0.412. The summed E-state index contributed by atoms with van der Waals surface area (Å²) in [7, 11) is 0. The zero-order valence-electron chi connectivity index (χ0n) is 12.8. The van der Waals surface area contributed by atoms with Gasteiger partial charge in [0.05, 0.1) is 0 Å². The highest BCUT2D eigenvalue weighted by Gasteiger charge is 2.31. The molecule has 0 N–H and O–H groups in total. The number of carbonyl (C=O) groups excluding carboxylic acids is 1. The molecule has 0 unspecified atom stereocenters. The number of piperidine rings is 1. The van der Waals surface area contributed by atoms with Gasteiger partial charge in [0.15, 0.2) is 11.5 Å². The summed E-state index contributed by atoms with van der Waals surface area (Å²) in [6.07, 6.45) is 3.27. The molecule has 3 rings (SSSR count). The third kappa shape index (κ3) is 2.95. The molecule has 5 heteroatoms. The Morgan fingerprint density at radius 3 is 2.50 bits per heavy atom. The molecular weight excluding hydrogens is 344 g/mol. The van der Waals surface area contributed by atoms with Crippen LogP contribution in [0.2, 0.25) is 0 Å². The summed E-state index contributed by atoms with van der Waals surface area (Å²) >= 11 is 3.40. The van der Waals surface area contributed by atoms with Crippen LogP contribution in [-0.4, -0.2) is 28.0 Å². The standard InChI is InChI=1S/C17H19BrN2O2/c1-11-4-3-5-12(2)20(11)17(21)15-10-16(22-19-15)13-6-8-14(18)9-7-13/h6-12H,3-5H2,1-2H3/t11-,12-/m1/s1. The average Bonchev–Trinajstić information content (AvgIpc) is 2.97. The van der Waals surface area contributed by atoms with Crippen LogP contribution in [0.15, 0.2) is 39.3 Å². The number of likely N-dealkylation sites (tertiary alicyclic amines) is 1. The van der Waals surface area contributed by atoms with E-state index >= 15 is 0 Å². The van der Waals surface area contributed by atoms with Crippen LogP contribution < -0.4 is 0 Å². The van der Waals surface area contributed by atoms with Crippen molar-refractivity contribution in [2.24, 2.45) is 0 Å². The molecular formula is C17H19BrN2O2. The van der Waals surface area contributed by atoms with Gasteiger partial charge in [0.1, 0.15) is 0 Å². The van der Waals surface area contributed by atoms with Crippen LogP contribution in [0.25, 0.3) is 11.3 Å². The smallest absolute Gasteiger partial charge is 0.276 e. The molecule has 1 aromatic carbocycles. The van der Waals surface area contributed by atoms with Crippen molar-refractivity contribution in [1.29, 1.82) is 0 Å². The summed E-state index contributed by atoms with van der Waals surface area (Å²) in [6, 6.07) is 9.99. The van der Waals surface area contributed by atoms with E-state index in [1.54, 1.807) is 6.07 Å². The summed E-state index contributed by atoms with van der Waals surface area (Å²) in [4.78, 5) is 14.7. The van der Waals surface area contributed by atoms with Crippen molar-refractivity contribution < 1.29 is 9.32 Å². The van der Waals surface area contributed by atoms with Crippen LogP contribution in [-0.2, 0) is 0 Å². The fourth-order valence-corrected chi connectivity index (χ4v) is 3.34. The molecule has 2 aromatic rings. The molecule has 1 aliphatic heterocycles. The number of carbonyl (C=O) groups is 1. The summed E-state index contributed by atoms with van der Waals surface area (Å²) in [5, 5.41) is 3.98. The minimum atomic E-state index is -0.0354. The molecule has 1 aromatic heterocycles. The van der Waals surface area contributed by atoms with Crippen LogP contribution in [0.4, 0.5) is 0 Å². The maximum Gasteiger partial charge on any atom is 0.276 e. The average molecular weight is 363 g/mol. The number of benzene rings is 1. The summed E-state index contributed by atoms with van der Waals surface area (Å²) < 4.78 is 6.36. The minimum absolute atomic E-state index is 0.0354. The summed E-state index contributed by atoms with van der Waals surface area (Å²) in [6.45, 7) is 4.20. The van der Waals surface area contributed by atoms with Crippen molar-refractivity contribution in [2.45, 2.75) is 45.2 Å². The van der Waals surface area contributed by atoms with E-state index in [2.05, 4.69) is 34.9 Å². The third-order valence-corrected chi connectivity index (χ3v) is 4.81. The predicted octanol–water partition coefficient (Wildman–Crippen LogP) is 4.51. The molecule has 4 nitrogen and oxygen atoms in total. The molecule has 0 saturated carbocycles. The highest BCUT2D eigenvalue weighted by Crippen LogP contribution is 2.27. The lowest BCUT2D eigenvalue weighted by Crippen LogP contribution is -2.47. The zero-order chi connectivity index (χ0) is 15.7. The summed E-state index contributed by atoms with van der Waals surface area (Å²) in [5.74, 6) is 0.583. The summed E-state index contributed by atoms with van der Waals surface area (Å²) in [5.41, 5.74) is 1.30. The van der Waals surface area contributed by atoms with Crippen molar-refractivity contribution in [1.82, 2.24) is 10.1 Å². The lowest BCUT2D eigenvalue weighted by molar-refractivity contribution is 0.0500. The van der Waals surface area contributed by atoms with Gasteiger partial charge in [-0.1, -0.05) is 33.2 Å². The molecule has 2 heterocycles. The molecule has 0 aliphatic carbocycles. The second-order valence-electron chi connectivity index (χ2n) is 5.92. The van der Waals surface area contributed by atoms with Crippen LogP contribution in [0.5, 0.6) is 0 Å². The van der Waals surface area contributed by atoms with Crippen molar-refractivity contribution in [2.75, 3.05) is 0 Å². The van der Waals surface area contributed by atoms with Gasteiger partial charge < -0.3 is 9.42 Å². The molecule has 1 aliphatic rings. The predicted molar refractivity (Wildman–Crippen MR) is 88.6 cm³/mol. The molecule has 0 spiro atoms. The lowest BCUT2D eigenvalue weighted by Gasteiger charge is -2.38. The monoisotopic (exact) mass is 362 g/mol. The molecule has 22 heavy (non-hydrogen) atoms. The van der Waals surface area contributed by atoms with E-state index < -0.39 is 0 Å². The second-order valence-corrected chi connectivity index (χ2v) is 6.84. The maximum absolute atomic E-state index is 12.7. The fourth-order valence-electron chi connectivity index (χ4n) is 3.08. The second kappa shape index (κ2) is 6.24. The lowest BCUT2D eigenvalue weighted by atomic mass is 9.97. The van der Waals surface area contributed by atoms with Crippen molar-refractivity contribution >= 4 is 21.8 Å². The Balaban J connectivity index is 1.83. The number of halogens is 1. The first-order valence-corrected chi connectivity index (χ1v) is 8.41. The number of amides is 1. The van der Waals surface area contributed by atoms with Crippen LogP contribution in [0.3, 0.4) is 0 Å². The Kier molecular flexibility index (Phi) is 4.34. The van der Waals surface area contributed by atoms with E-state index in [1.165, 1.54) is 6.42 Å². The van der Waals surface area contributed by atoms with Crippen LogP contribution in [0, 0.1) is 0 Å². The minimum Gasteiger partial charge on any atom is -0.355 e. The molecule has 0 radical (unpaired) electrons. The quantitative estimate of drug-likeness (QED) is 0.789. The molecule has 1 saturated heterocycles. The van der Waals surface area contributed by atoms with Crippen molar-refractivity contribution in [3.63, 3.8) is 0 Å². The molecule has 1 amide bonds. The first-order chi connectivity index (χ1) is 10.6. The molecule has 0 bridgehead atoms. The van der Waals surface area contributed by atoms with Crippen molar-refractivity contribution in [3.05, 3.63) is 40.5 Å². The van der Waals surface area contributed by atoms with Gasteiger partial charge in [-0.05, 0) is 45.2 Å². The first kappa shape index (κ1) is 15.3. The Hall–Kier alpha value is -1.62. The van der Waals surface area contributed by atoms with Gasteiger partial charge in [0.2, 0.25) is 0 Å². The zero-order valence-corrected chi connectivity index (χ0v) is 14.3. The molecule has 116 valence electrons. The Morgan fingerprint density at radius 2 is 1.86 bits per heavy atom. The largest absolute Gasteiger partial charge is 0.355 e. The SMILES string of the molecule is C[C@@H]1CCC[C@@H](C)N1C(=O)c1cc(-c2ccc(Br)cc2)on1. The van der Waals surface area contributed by atoms with Crippen LogP contribution in [0.1, 0.15) is 43.6 Å². The van der Waals surface area contributed by atoms with Gasteiger partial charge >= 0.3 is 0 Å². The van der Waals surface area contributed by atoms with E-state index in [9.17, 15) is 4.79 Å². The number of hydrogen-bond donors (Lipinski definition) is 0. The Morgan fingerprint density at radius 1 is 1.23 bits per heavy atom. The maximum atomic E-state index is 12.7. The molecule has 2 atom stereocenters. The van der Waals surface area contributed by atoms with E-state index in [1.807, 2.05) is 29.2 Å².